The van der Waals surface area contributed by atoms with Gasteiger partial charge in [-0.1, -0.05) is 12.1 Å². The van der Waals surface area contributed by atoms with E-state index in [1.54, 1.807) is 6.92 Å². The van der Waals surface area contributed by atoms with E-state index in [-0.39, 0.29) is 29.2 Å². The fourth-order valence-electron chi connectivity index (χ4n) is 2.24. The Labute approximate surface area is 151 Å². The molecule has 26 heavy (non-hydrogen) atoms. The Hall–Kier alpha value is -2.58. The number of benzene rings is 2. The SMILES string of the molecule is CC(=O)c1cccc(S(=O)(=O)NCCC(=O)Nc2ccc(F)cc2C)c1. The van der Waals surface area contributed by atoms with Gasteiger partial charge in [0.25, 0.3) is 0 Å². The second-order valence-electron chi connectivity index (χ2n) is 5.74. The fourth-order valence-corrected chi connectivity index (χ4v) is 3.32. The lowest BCUT2D eigenvalue weighted by molar-refractivity contribution is -0.116. The molecule has 8 heteroatoms. The fraction of sp³-hybridized carbons (Fsp3) is 0.222. The number of nitrogens with one attached hydrogen (secondary N) is 2. The Morgan fingerprint density at radius 1 is 1.12 bits per heavy atom. The maximum atomic E-state index is 13.0. The molecule has 0 atom stereocenters. The van der Waals surface area contributed by atoms with E-state index in [1.807, 2.05) is 0 Å². The van der Waals surface area contributed by atoms with Crippen molar-refractivity contribution in [2.75, 3.05) is 11.9 Å². The summed E-state index contributed by atoms with van der Waals surface area (Å²) in [6.45, 7) is 2.89. The number of ketones is 1. The average Bonchev–Trinajstić information content (AvgIpc) is 2.57. The van der Waals surface area contributed by atoms with Crippen LogP contribution in [0, 0.1) is 12.7 Å². The smallest absolute Gasteiger partial charge is 0.240 e. The minimum Gasteiger partial charge on any atom is -0.326 e. The number of halogens is 1. The molecule has 138 valence electrons. The van der Waals surface area contributed by atoms with Crippen molar-refractivity contribution >= 4 is 27.4 Å². The van der Waals surface area contributed by atoms with Gasteiger partial charge in [0.2, 0.25) is 15.9 Å². The van der Waals surface area contributed by atoms with Crippen LogP contribution in [0.5, 0.6) is 0 Å². The zero-order valence-corrected chi connectivity index (χ0v) is 15.2. The van der Waals surface area contributed by atoms with Crippen LogP contribution in [0.15, 0.2) is 47.4 Å². The molecule has 2 rings (SSSR count). The molecule has 0 aromatic heterocycles. The van der Waals surface area contributed by atoms with E-state index < -0.39 is 21.7 Å². The second-order valence-corrected chi connectivity index (χ2v) is 7.51. The maximum Gasteiger partial charge on any atom is 0.240 e. The second kappa shape index (κ2) is 8.20. The molecule has 0 saturated carbocycles. The normalized spacial score (nSPS) is 11.2. The number of Topliss-reactive ketones (excluding diaryl/α,β-unsaturated/α-hetero) is 1. The topological polar surface area (TPSA) is 92.3 Å². The zero-order chi connectivity index (χ0) is 19.3. The number of hydrogen-bond acceptors (Lipinski definition) is 4. The highest BCUT2D eigenvalue weighted by atomic mass is 32.2. The quantitative estimate of drug-likeness (QED) is 0.725. The number of rotatable bonds is 7. The first-order valence-corrected chi connectivity index (χ1v) is 9.34. The van der Waals surface area contributed by atoms with Crippen molar-refractivity contribution in [1.29, 1.82) is 0 Å². The van der Waals surface area contributed by atoms with Crippen LogP contribution in [0.3, 0.4) is 0 Å². The van der Waals surface area contributed by atoms with Crippen LogP contribution in [0.2, 0.25) is 0 Å². The minimum absolute atomic E-state index is 0.0417. The molecule has 6 nitrogen and oxygen atoms in total. The molecule has 0 aliphatic rings. The van der Waals surface area contributed by atoms with E-state index in [2.05, 4.69) is 10.0 Å². The highest BCUT2D eigenvalue weighted by molar-refractivity contribution is 7.89. The molecule has 0 heterocycles. The first kappa shape index (κ1) is 19.7. The zero-order valence-electron chi connectivity index (χ0n) is 14.4. The lowest BCUT2D eigenvalue weighted by Crippen LogP contribution is -2.28. The van der Waals surface area contributed by atoms with Gasteiger partial charge in [-0.05, 0) is 49.7 Å². The van der Waals surface area contributed by atoms with Gasteiger partial charge in [-0.15, -0.1) is 0 Å². The minimum atomic E-state index is -3.83. The van der Waals surface area contributed by atoms with Gasteiger partial charge < -0.3 is 5.32 Å². The van der Waals surface area contributed by atoms with Gasteiger partial charge in [-0.2, -0.15) is 0 Å². The van der Waals surface area contributed by atoms with Crippen LogP contribution < -0.4 is 10.0 Å². The summed E-state index contributed by atoms with van der Waals surface area (Å²) in [4.78, 5) is 23.2. The lowest BCUT2D eigenvalue weighted by atomic mass is 10.2. The van der Waals surface area contributed by atoms with Crippen LogP contribution in [0.1, 0.15) is 29.3 Å². The molecule has 2 N–H and O–H groups in total. The van der Waals surface area contributed by atoms with Crippen molar-refractivity contribution in [2.24, 2.45) is 0 Å². The predicted octanol–water partition coefficient (Wildman–Crippen LogP) is 2.64. The number of hydrogen-bond donors (Lipinski definition) is 2. The summed E-state index contributed by atoms with van der Waals surface area (Å²) in [5.41, 5.74) is 1.32. The van der Waals surface area contributed by atoms with Gasteiger partial charge in [0, 0.05) is 24.2 Å². The summed E-state index contributed by atoms with van der Waals surface area (Å²) < 4.78 is 39.9. The molecule has 1 amide bonds. The van der Waals surface area contributed by atoms with E-state index >= 15 is 0 Å². The summed E-state index contributed by atoms with van der Waals surface area (Å²) in [7, 11) is -3.83. The summed E-state index contributed by atoms with van der Waals surface area (Å²) in [6, 6.07) is 9.63. The summed E-state index contributed by atoms with van der Waals surface area (Å²) in [5, 5.41) is 2.60. The van der Waals surface area contributed by atoms with Crippen LogP contribution in [0.4, 0.5) is 10.1 Å². The largest absolute Gasteiger partial charge is 0.326 e. The van der Waals surface area contributed by atoms with E-state index in [0.717, 1.165) is 0 Å². The van der Waals surface area contributed by atoms with Crippen LogP contribution >= 0.6 is 0 Å². The van der Waals surface area contributed by atoms with Crippen LogP contribution in [-0.2, 0) is 14.8 Å². The lowest BCUT2D eigenvalue weighted by Gasteiger charge is -2.10. The van der Waals surface area contributed by atoms with Crippen molar-refractivity contribution in [1.82, 2.24) is 4.72 Å². The highest BCUT2D eigenvalue weighted by Gasteiger charge is 2.15. The van der Waals surface area contributed by atoms with Gasteiger partial charge in [0.05, 0.1) is 4.90 Å². The van der Waals surface area contributed by atoms with Gasteiger partial charge in [0.15, 0.2) is 5.78 Å². The van der Waals surface area contributed by atoms with E-state index in [0.29, 0.717) is 11.3 Å². The van der Waals surface area contributed by atoms with Crippen molar-refractivity contribution in [3.63, 3.8) is 0 Å². The standard InChI is InChI=1S/C18H19FN2O4S/c1-12-10-15(19)6-7-17(12)21-18(23)8-9-20-26(24,25)16-5-3-4-14(11-16)13(2)22/h3-7,10-11,20H,8-9H2,1-2H3,(H,21,23). The van der Waals surface area contributed by atoms with Gasteiger partial charge in [-0.3, -0.25) is 9.59 Å². The summed E-state index contributed by atoms with van der Waals surface area (Å²) in [5.74, 6) is -1.04. The molecule has 0 saturated heterocycles. The van der Waals surface area contributed by atoms with E-state index in [4.69, 9.17) is 0 Å². The third kappa shape index (κ3) is 5.21. The Kier molecular flexibility index (Phi) is 6.23. The molecule has 0 spiro atoms. The highest BCUT2D eigenvalue weighted by Crippen LogP contribution is 2.16. The van der Waals surface area contributed by atoms with Crippen LogP contribution in [0.25, 0.3) is 0 Å². The van der Waals surface area contributed by atoms with E-state index in [1.165, 1.54) is 49.4 Å². The monoisotopic (exact) mass is 378 g/mol. The first-order valence-electron chi connectivity index (χ1n) is 7.86. The van der Waals surface area contributed by atoms with Crippen molar-refractivity contribution in [3.05, 3.63) is 59.4 Å². The number of anilines is 1. The average molecular weight is 378 g/mol. The molecular formula is C18H19FN2O4S. The molecule has 0 aliphatic heterocycles. The molecule has 2 aromatic rings. The van der Waals surface area contributed by atoms with Gasteiger partial charge in [0.1, 0.15) is 5.82 Å². The number of carbonyl (C=O) groups is 2. The Bertz CT molecular complexity index is 942. The van der Waals surface area contributed by atoms with Crippen molar-refractivity contribution < 1.29 is 22.4 Å². The molecule has 0 fully saturated rings. The molecule has 0 unspecified atom stereocenters. The Balaban J connectivity index is 1.94. The number of sulfonamides is 1. The molecule has 0 radical (unpaired) electrons. The van der Waals surface area contributed by atoms with Crippen molar-refractivity contribution in [3.8, 4) is 0 Å². The van der Waals surface area contributed by atoms with Gasteiger partial charge >= 0.3 is 0 Å². The first-order chi connectivity index (χ1) is 12.2. The third-order valence-corrected chi connectivity index (χ3v) is 5.12. The summed E-state index contributed by atoms with van der Waals surface area (Å²) >= 11 is 0. The third-order valence-electron chi connectivity index (χ3n) is 3.66. The molecule has 0 aliphatic carbocycles. The molecule has 0 bridgehead atoms. The predicted molar refractivity (Wildman–Crippen MR) is 96.0 cm³/mol. The number of amides is 1. The maximum absolute atomic E-state index is 13.0. The van der Waals surface area contributed by atoms with E-state index in [9.17, 15) is 22.4 Å². The molecular weight excluding hydrogens is 359 g/mol. The number of carbonyl (C=O) groups excluding carboxylic acids is 2. The Morgan fingerprint density at radius 3 is 2.50 bits per heavy atom. The summed E-state index contributed by atoms with van der Waals surface area (Å²) in [6.07, 6.45) is -0.0948. The van der Waals surface area contributed by atoms with Gasteiger partial charge in [-0.25, -0.2) is 17.5 Å². The van der Waals surface area contributed by atoms with Crippen molar-refractivity contribution in [2.45, 2.75) is 25.2 Å². The number of aryl methyl sites for hydroxylation is 1. The Morgan fingerprint density at radius 2 is 1.85 bits per heavy atom. The molecule has 2 aromatic carbocycles. The van der Waals surface area contributed by atoms with Crippen LogP contribution in [-0.4, -0.2) is 26.7 Å².